The minimum Gasteiger partial charge on any atom is -0.369 e. The van der Waals surface area contributed by atoms with Gasteiger partial charge in [0.2, 0.25) is 0 Å². The Bertz CT molecular complexity index is 497. The number of benzene rings is 1. The van der Waals surface area contributed by atoms with Crippen molar-refractivity contribution in [1.82, 2.24) is 4.67 Å². The van der Waals surface area contributed by atoms with Crippen molar-refractivity contribution in [1.29, 1.82) is 0 Å². The maximum absolute atomic E-state index is 12.7. The van der Waals surface area contributed by atoms with Crippen LogP contribution in [0.15, 0.2) is 24.3 Å². The van der Waals surface area contributed by atoms with Crippen LogP contribution < -0.4 is 4.90 Å². The molecule has 0 N–H and O–H groups in total. The van der Waals surface area contributed by atoms with Crippen molar-refractivity contribution in [3.05, 3.63) is 29.3 Å². The number of nitrogens with zero attached hydrogens (tertiary/aromatic N) is 2. The molecule has 0 aliphatic carbocycles. The van der Waals surface area contributed by atoms with Crippen molar-refractivity contribution in [2.45, 2.75) is 13.8 Å². The van der Waals surface area contributed by atoms with Crippen LogP contribution in [0.5, 0.6) is 0 Å². The Morgan fingerprint density at radius 1 is 1.14 bits per heavy atom. The Morgan fingerprint density at radius 2 is 1.76 bits per heavy atom. The van der Waals surface area contributed by atoms with Gasteiger partial charge in [0.15, 0.2) is 0 Å². The molecule has 1 aromatic rings. The highest BCUT2D eigenvalue weighted by Gasteiger charge is 2.35. The fourth-order valence-corrected chi connectivity index (χ4v) is 4.31. The van der Waals surface area contributed by atoms with Crippen LogP contribution in [0.1, 0.15) is 13.8 Å². The topological polar surface area (TPSA) is 42.0 Å². The Morgan fingerprint density at radius 3 is 2.29 bits per heavy atom. The minimum atomic E-state index is -3.14. The van der Waals surface area contributed by atoms with Crippen LogP contribution in [0.25, 0.3) is 0 Å². The van der Waals surface area contributed by atoms with Gasteiger partial charge in [-0.1, -0.05) is 17.7 Å². The van der Waals surface area contributed by atoms with Gasteiger partial charge >= 0.3 is 7.75 Å². The van der Waals surface area contributed by atoms with E-state index in [1.807, 2.05) is 42.8 Å². The summed E-state index contributed by atoms with van der Waals surface area (Å²) in [7, 11) is -3.14. The van der Waals surface area contributed by atoms with E-state index in [0.29, 0.717) is 26.3 Å². The van der Waals surface area contributed by atoms with Crippen molar-refractivity contribution < 1.29 is 13.6 Å². The number of halogens is 1. The molecule has 0 amide bonds. The van der Waals surface area contributed by atoms with Crippen LogP contribution in [-0.2, 0) is 13.6 Å². The number of rotatable bonds is 6. The highest BCUT2D eigenvalue weighted by molar-refractivity contribution is 7.51. The third-order valence-electron chi connectivity index (χ3n) is 3.36. The summed E-state index contributed by atoms with van der Waals surface area (Å²) in [6.45, 7) is 7.24. The SMILES string of the molecule is CCOP(=O)(OCC)N1CCN(c2cccc(Cl)c2)CC1. The molecule has 2 rings (SSSR count). The van der Waals surface area contributed by atoms with Gasteiger partial charge < -0.3 is 4.90 Å². The molecule has 118 valence electrons. The molecule has 1 aromatic carbocycles. The van der Waals surface area contributed by atoms with Crippen molar-refractivity contribution in [3.8, 4) is 0 Å². The zero-order valence-electron chi connectivity index (χ0n) is 12.5. The zero-order chi connectivity index (χ0) is 15.3. The number of hydrogen-bond donors (Lipinski definition) is 0. The first-order chi connectivity index (χ1) is 10.1. The molecule has 1 aliphatic rings. The highest BCUT2D eigenvalue weighted by atomic mass is 35.5. The van der Waals surface area contributed by atoms with E-state index in [0.717, 1.165) is 23.8 Å². The summed E-state index contributed by atoms with van der Waals surface area (Å²) in [5.74, 6) is 0. The second-order valence-corrected chi connectivity index (χ2v) is 7.18. The molecule has 0 bridgehead atoms. The first-order valence-electron chi connectivity index (χ1n) is 7.24. The molecule has 0 unspecified atom stereocenters. The van der Waals surface area contributed by atoms with Crippen LogP contribution in [0, 0.1) is 0 Å². The standard InChI is InChI=1S/C14H22ClN2O3P/c1-3-19-21(18,20-4-2)17-10-8-16(9-11-17)14-7-5-6-13(15)12-14/h5-7,12H,3-4,8-11H2,1-2H3. The van der Waals surface area contributed by atoms with Gasteiger partial charge in [0.1, 0.15) is 0 Å². The molecule has 0 spiro atoms. The Hall–Kier alpha value is -0.580. The van der Waals surface area contributed by atoms with Gasteiger partial charge in [-0.2, -0.15) is 0 Å². The van der Waals surface area contributed by atoms with Crippen molar-refractivity contribution in [2.75, 3.05) is 44.3 Å². The number of hydrogen-bond acceptors (Lipinski definition) is 4. The predicted octanol–water partition coefficient (Wildman–Crippen LogP) is 3.64. The van der Waals surface area contributed by atoms with Crippen LogP contribution in [0.4, 0.5) is 5.69 Å². The van der Waals surface area contributed by atoms with Gasteiger partial charge in [-0.3, -0.25) is 9.05 Å². The highest BCUT2D eigenvalue weighted by Crippen LogP contribution is 2.52. The van der Waals surface area contributed by atoms with Gasteiger partial charge in [-0.05, 0) is 32.0 Å². The molecule has 1 heterocycles. The predicted molar refractivity (Wildman–Crippen MR) is 86.1 cm³/mol. The first kappa shape index (κ1) is 16.8. The summed E-state index contributed by atoms with van der Waals surface area (Å²) in [6.07, 6.45) is 0. The summed E-state index contributed by atoms with van der Waals surface area (Å²) in [5.41, 5.74) is 1.09. The van der Waals surface area contributed by atoms with Crippen molar-refractivity contribution in [2.24, 2.45) is 0 Å². The quantitative estimate of drug-likeness (QED) is 0.744. The fourth-order valence-electron chi connectivity index (χ4n) is 2.40. The molecule has 7 heteroatoms. The summed E-state index contributed by atoms with van der Waals surface area (Å²) in [4.78, 5) is 2.23. The third-order valence-corrected chi connectivity index (χ3v) is 5.86. The normalized spacial score (nSPS) is 17.2. The Balaban J connectivity index is 2.00. The van der Waals surface area contributed by atoms with E-state index in [-0.39, 0.29) is 0 Å². The van der Waals surface area contributed by atoms with E-state index >= 15 is 0 Å². The second-order valence-electron chi connectivity index (χ2n) is 4.72. The van der Waals surface area contributed by atoms with Crippen LogP contribution in [-0.4, -0.2) is 44.1 Å². The van der Waals surface area contributed by atoms with Crippen molar-refractivity contribution in [3.63, 3.8) is 0 Å². The van der Waals surface area contributed by atoms with E-state index in [1.165, 1.54) is 0 Å². The third kappa shape index (κ3) is 4.21. The minimum absolute atomic E-state index is 0.381. The Kier molecular flexibility index (Phi) is 6.08. The second kappa shape index (κ2) is 7.61. The Labute approximate surface area is 131 Å². The summed E-state index contributed by atoms with van der Waals surface area (Å²) >= 11 is 6.03. The molecular weight excluding hydrogens is 311 g/mol. The molecule has 0 radical (unpaired) electrons. The van der Waals surface area contributed by atoms with E-state index in [2.05, 4.69) is 4.90 Å². The molecule has 0 saturated carbocycles. The van der Waals surface area contributed by atoms with Gasteiger partial charge in [0.25, 0.3) is 0 Å². The van der Waals surface area contributed by atoms with E-state index < -0.39 is 7.75 Å². The molecule has 0 atom stereocenters. The largest absolute Gasteiger partial charge is 0.408 e. The molecular formula is C14H22ClN2O3P. The van der Waals surface area contributed by atoms with Gasteiger partial charge in [0.05, 0.1) is 13.2 Å². The number of anilines is 1. The smallest absolute Gasteiger partial charge is 0.369 e. The van der Waals surface area contributed by atoms with Gasteiger partial charge in [0, 0.05) is 36.9 Å². The average Bonchev–Trinajstić information content (AvgIpc) is 2.48. The van der Waals surface area contributed by atoms with Gasteiger partial charge in [-0.25, -0.2) is 9.24 Å². The lowest BCUT2D eigenvalue weighted by atomic mass is 10.2. The summed E-state index contributed by atoms with van der Waals surface area (Å²) in [6, 6.07) is 7.78. The lowest BCUT2D eigenvalue weighted by Gasteiger charge is -2.38. The van der Waals surface area contributed by atoms with Crippen LogP contribution in [0.3, 0.4) is 0 Å². The maximum Gasteiger partial charge on any atom is 0.408 e. The average molecular weight is 333 g/mol. The van der Waals surface area contributed by atoms with Crippen LogP contribution >= 0.6 is 19.3 Å². The monoisotopic (exact) mass is 332 g/mol. The first-order valence-corrected chi connectivity index (χ1v) is 9.11. The summed E-state index contributed by atoms with van der Waals surface area (Å²) < 4.78 is 25.3. The van der Waals surface area contributed by atoms with E-state index in [1.54, 1.807) is 0 Å². The molecule has 1 saturated heterocycles. The van der Waals surface area contributed by atoms with E-state index in [4.69, 9.17) is 20.6 Å². The lowest BCUT2D eigenvalue weighted by molar-refractivity contribution is 0.164. The summed E-state index contributed by atoms with van der Waals surface area (Å²) in [5, 5.41) is 0.726. The maximum atomic E-state index is 12.7. The number of piperazine rings is 1. The zero-order valence-corrected chi connectivity index (χ0v) is 14.1. The van der Waals surface area contributed by atoms with Gasteiger partial charge in [-0.15, -0.1) is 0 Å². The molecule has 0 aromatic heterocycles. The molecule has 5 nitrogen and oxygen atoms in total. The van der Waals surface area contributed by atoms with Crippen molar-refractivity contribution >= 4 is 25.0 Å². The van der Waals surface area contributed by atoms with Crippen LogP contribution in [0.2, 0.25) is 5.02 Å². The molecule has 1 fully saturated rings. The molecule has 21 heavy (non-hydrogen) atoms. The molecule has 1 aliphatic heterocycles. The lowest BCUT2D eigenvalue weighted by Crippen LogP contribution is -2.45. The van der Waals surface area contributed by atoms with E-state index in [9.17, 15) is 4.57 Å². The fraction of sp³-hybridized carbons (Fsp3) is 0.571.